The Morgan fingerprint density at radius 2 is 2.27 bits per heavy atom. The highest BCUT2D eigenvalue weighted by atomic mass is 79.9. The largest absolute Gasteiger partial charge is 0.492 e. The van der Waals surface area contributed by atoms with Crippen molar-refractivity contribution in [2.24, 2.45) is 5.73 Å². The summed E-state index contributed by atoms with van der Waals surface area (Å²) in [6.45, 7) is 2.28. The lowest BCUT2D eigenvalue weighted by atomic mass is 10.1. The quantitative estimate of drug-likeness (QED) is 0.885. The summed E-state index contributed by atoms with van der Waals surface area (Å²) in [7, 11) is 0. The minimum absolute atomic E-state index is 0.0238. The molecule has 15 heavy (non-hydrogen) atoms. The molecular formula is C10H13BrFNO2. The third-order valence-electron chi connectivity index (χ3n) is 1.91. The topological polar surface area (TPSA) is 55.5 Å². The lowest BCUT2D eigenvalue weighted by Gasteiger charge is -2.15. The van der Waals surface area contributed by atoms with Gasteiger partial charge in [-0.3, -0.25) is 0 Å². The van der Waals surface area contributed by atoms with E-state index in [-0.39, 0.29) is 6.54 Å². The third-order valence-corrected chi connectivity index (χ3v) is 2.50. The summed E-state index contributed by atoms with van der Waals surface area (Å²) in [5.41, 5.74) is 5.69. The molecule has 84 valence electrons. The molecule has 1 aromatic carbocycles. The van der Waals surface area contributed by atoms with Crippen LogP contribution in [0.1, 0.15) is 18.6 Å². The average molecular weight is 278 g/mol. The zero-order chi connectivity index (χ0) is 11.4. The molecule has 0 spiro atoms. The molecule has 0 aliphatic heterocycles. The van der Waals surface area contributed by atoms with E-state index in [4.69, 9.17) is 10.5 Å². The summed E-state index contributed by atoms with van der Waals surface area (Å²) < 4.78 is 18.9. The highest BCUT2D eigenvalue weighted by molar-refractivity contribution is 9.10. The van der Waals surface area contributed by atoms with Crippen molar-refractivity contribution in [1.29, 1.82) is 0 Å². The van der Waals surface area contributed by atoms with Gasteiger partial charge in [0, 0.05) is 12.1 Å². The van der Waals surface area contributed by atoms with Crippen LogP contribution in [0.25, 0.3) is 0 Å². The number of aliphatic hydroxyl groups excluding tert-OH is 1. The number of hydrogen-bond donors (Lipinski definition) is 2. The van der Waals surface area contributed by atoms with Gasteiger partial charge in [0.15, 0.2) is 0 Å². The standard InChI is InChI=1S/C10H13BrFNO2/c1-2-15-10-7(9(14)5-13)3-6(12)4-8(10)11/h3-4,9,14H,2,5,13H2,1H3. The second kappa shape index (κ2) is 5.44. The van der Waals surface area contributed by atoms with E-state index in [1.165, 1.54) is 12.1 Å². The molecule has 1 atom stereocenters. The first kappa shape index (κ1) is 12.4. The van der Waals surface area contributed by atoms with Crippen molar-refractivity contribution in [3.8, 4) is 5.75 Å². The summed E-state index contributed by atoms with van der Waals surface area (Å²) in [6.07, 6.45) is -0.918. The van der Waals surface area contributed by atoms with Gasteiger partial charge in [-0.1, -0.05) is 0 Å². The van der Waals surface area contributed by atoms with Crippen LogP contribution in [0.2, 0.25) is 0 Å². The minimum atomic E-state index is -0.918. The van der Waals surface area contributed by atoms with Gasteiger partial charge in [-0.2, -0.15) is 0 Å². The SMILES string of the molecule is CCOc1c(Br)cc(F)cc1C(O)CN. The van der Waals surface area contributed by atoms with Gasteiger partial charge in [-0.05, 0) is 35.0 Å². The van der Waals surface area contributed by atoms with Crippen LogP contribution in [0.5, 0.6) is 5.75 Å². The van der Waals surface area contributed by atoms with E-state index in [0.717, 1.165) is 0 Å². The number of halogens is 2. The number of nitrogens with two attached hydrogens (primary N) is 1. The van der Waals surface area contributed by atoms with Crippen LogP contribution < -0.4 is 10.5 Å². The molecule has 0 heterocycles. The van der Waals surface area contributed by atoms with Gasteiger partial charge < -0.3 is 15.6 Å². The summed E-state index contributed by atoms with van der Waals surface area (Å²) in [6, 6.07) is 2.52. The molecule has 3 nitrogen and oxygen atoms in total. The van der Waals surface area contributed by atoms with E-state index in [1.807, 2.05) is 6.92 Å². The Hall–Kier alpha value is -0.650. The first-order chi connectivity index (χ1) is 7.10. The van der Waals surface area contributed by atoms with Crippen molar-refractivity contribution in [3.05, 3.63) is 28.0 Å². The summed E-state index contributed by atoms with van der Waals surface area (Å²) in [4.78, 5) is 0. The normalized spacial score (nSPS) is 12.6. The van der Waals surface area contributed by atoms with Crippen molar-refractivity contribution in [1.82, 2.24) is 0 Å². The molecule has 0 radical (unpaired) electrons. The highest BCUT2D eigenvalue weighted by Crippen LogP contribution is 2.34. The fraction of sp³-hybridized carbons (Fsp3) is 0.400. The number of benzene rings is 1. The molecule has 0 aliphatic rings. The van der Waals surface area contributed by atoms with Gasteiger partial charge in [0.25, 0.3) is 0 Å². The van der Waals surface area contributed by atoms with Crippen molar-refractivity contribution < 1.29 is 14.2 Å². The Balaban J connectivity index is 3.20. The second-order valence-electron chi connectivity index (χ2n) is 2.99. The molecule has 3 N–H and O–H groups in total. The van der Waals surface area contributed by atoms with E-state index in [9.17, 15) is 9.50 Å². The summed E-state index contributed by atoms with van der Waals surface area (Å²) in [5, 5.41) is 9.59. The van der Waals surface area contributed by atoms with E-state index < -0.39 is 11.9 Å². The first-order valence-electron chi connectivity index (χ1n) is 4.60. The lowest BCUT2D eigenvalue weighted by molar-refractivity contribution is 0.179. The predicted molar refractivity (Wildman–Crippen MR) is 59.3 cm³/mol. The Morgan fingerprint density at radius 1 is 1.60 bits per heavy atom. The zero-order valence-electron chi connectivity index (χ0n) is 8.34. The number of rotatable bonds is 4. The predicted octanol–water partition coefficient (Wildman–Crippen LogP) is 1.98. The molecular weight excluding hydrogens is 265 g/mol. The zero-order valence-corrected chi connectivity index (χ0v) is 9.92. The maximum Gasteiger partial charge on any atom is 0.139 e. The Bertz CT molecular complexity index is 346. The van der Waals surface area contributed by atoms with Crippen LogP contribution in [-0.4, -0.2) is 18.3 Å². The fourth-order valence-corrected chi connectivity index (χ4v) is 1.81. The van der Waals surface area contributed by atoms with Crippen molar-refractivity contribution in [2.45, 2.75) is 13.0 Å². The smallest absolute Gasteiger partial charge is 0.139 e. The summed E-state index contributed by atoms with van der Waals surface area (Å²) >= 11 is 3.18. The molecule has 0 aliphatic carbocycles. The maximum atomic E-state index is 13.1. The molecule has 0 aromatic heterocycles. The van der Waals surface area contributed by atoms with Gasteiger partial charge in [-0.25, -0.2) is 4.39 Å². The molecule has 1 aromatic rings. The molecule has 0 fully saturated rings. The van der Waals surface area contributed by atoms with Gasteiger partial charge in [0.2, 0.25) is 0 Å². The summed E-state index contributed by atoms with van der Waals surface area (Å²) in [5.74, 6) is 0.00433. The average Bonchev–Trinajstić information content (AvgIpc) is 2.20. The number of hydrogen-bond acceptors (Lipinski definition) is 3. The molecule has 0 saturated carbocycles. The van der Waals surface area contributed by atoms with Crippen LogP contribution in [0.4, 0.5) is 4.39 Å². The van der Waals surface area contributed by atoms with Gasteiger partial charge in [-0.15, -0.1) is 0 Å². The van der Waals surface area contributed by atoms with E-state index >= 15 is 0 Å². The third kappa shape index (κ3) is 2.90. The molecule has 1 rings (SSSR count). The minimum Gasteiger partial charge on any atom is -0.492 e. The van der Waals surface area contributed by atoms with Crippen molar-refractivity contribution in [2.75, 3.05) is 13.2 Å². The number of aliphatic hydroxyl groups is 1. The second-order valence-corrected chi connectivity index (χ2v) is 3.84. The molecule has 0 saturated heterocycles. The molecule has 1 unspecified atom stereocenters. The molecule has 5 heteroatoms. The van der Waals surface area contributed by atoms with Crippen LogP contribution in [0.3, 0.4) is 0 Å². The fourth-order valence-electron chi connectivity index (χ4n) is 1.25. The van der Waals surface area contributed by atoms with Crippen LogP contribution in [0, 0.1) is 5.82 Å². The monoisotopic (exact) mass is 277 g/mol. The first-order valence-corrected chi connectivity index (χ1v) is 5.39. The van der Waals surface area contributed by atoms with Gasteiger partial charge in [0.1, 0.15) is 11.6 Å². The van der Waals surface area contributed by atoms with Crippen LogP contribution in [0.15, 0.2) is 16.6 Å². The lowest BCUT2D eigenvalue weighted by Crippen LogP contribution is -2.13. The van der Waals surface area contributed by atoms with E-state index in [1.54, 1.807) is 0 Å². The Morgan fingerprint density at radius 3 is 2.80 bits per heavy atom. The van der Waals surface area contributed by atoms with E-state index in [2.05, 4.69) is 15.9 Å². The molecule has 0 amide bonds. The van der Waals surface area contributed by atoms with Crippen LogP contribution >= 0.6 is 15.9 Å². The van der Waals surface area contributed by atoms with Gasteiger partial charge in [0.05, 0.1) is 17.2 Å². The van der Waals surface area contributed by atoms with Crippen molar-refractivity contribution in [3.63, 3.8) is 0 Å². The maximum absolute atomic E-state index is 13.1. The Labute approximate surface area is 96.2 Å². The van der Waals surface area contributed by atoms with Gasteiger partial charge >= 0.3 is 0 Å². The van der Waals surface area contributed by atoms with Crippen molar-refractivity contribution >= 4 is 15.9 Å². The van der Waals surface area contributed by atoms with E-state index in [0.29, 0.717) is 22.4 Å². The molecule has 0 bridgehead atoms. The number of ether oxygens (including phenoxy) is 1. The Kier molecular flexibility index (Phi) is 4.50. The highest BCUT2D eigenvalue weighted by Gasteiger charge is 2.16. The van der Waals surface area contributed by atoms with Crippen LogP contribution in [-0.2, 0) is 0 Å².